The van der Waals surface area contributed by atoms with Crippen molar-refractivity contribution in [3.63, 3.8) is 0 Å². The van der Waals surface area contributed by atoms with Gasteiger partial charge in [-0.3, -0.25) is 0 Å². The molecule has 0 spiro atoms. The fourth-order valence-electron chi connectivity index (χ4n) is 2.15. The van der Waals surface area contributed by atoms with Gasteiger partial charge >= 0.3 is 5.97 Å². The van der Waals surface area contributed by atoms with Gasteiger partial charge in [0.15, 0.2) is 5.69 Å². The average Bonchev–Trinajstić information content (AvgIpc) is 2.45. The van der Waals surface area contributed by atoms with E-state index in [1.54, 1.807) is 12.1 Å². The van der Waals surface area contributed by atoms with Gasteiger partial charge in [0.05, 0.1) is 0 Å². The van der Waals surface area contributed by atoms with Crippen LogP contribution in [-0.4, -0.2) is 16.1 Å². The molecule has 2 aromatic rings. The van der Waals surface area contributed by atoms with Crippen LogP contribution in [0, 0.1) is 6.92 Å². The molecule has 0 radical (unpaired) electrons. The van der Waals surface area contributed by atoms with E-state index in [9.17, 15) is 4.79 Å². The van der Waals surface area contributed by atoms with Gasteiger partial charge in [0, 0.05) is 11.8 Å². The summed E-state index contributed by atoms with van der Waals surface area (Å²) in [6.07, 6.45) is 1.47. The molecule has 0 saturated carbocycles. The lowest BCUT2D eigenvalue weighted by atomic mass is 10.0. The molecule has 1 aromatic carbocycles. The van der Waals surface area contributed by atoms with Crippen LogP contribution in [0.25, 0.3) is 0 Å². The van der Waals surface area contributed by atoms with Crippen molar-refractivity contribution in [2.24, 2.45) is 0 Å². The van der Waals surface area contributed by atoms with Gasteiger partial charge < -0.3 is 9.84 Å². The number of carbonyl (C=O) groups is 1. The summed E-state index contributed by atoms with van der Waals surface area (Å²) in [5.41, 5.74) is 2.83. The Labute approximate surface area is 124 Å². The van der Waals surface area contributed by atoms with Crippen molar-refractivity contribution in [1.82, 2.24) is 4.98 Å². The lowest BCUT2D eigenvalue weighted by Gasteiger charge is -2.15. The zero-order valence-electron chi connectivity index (χ0n) is 12.5. The Bertz CT molecular complexity index is 650. The van der Waals surface area contributed by atoms with E-state index in [0.717, 1.165) is 16.9 Å². The summed E-state index contributed by atoms with van der Waals surface area (Å²) in [4.78, 5) is 15.0. The smallest absolute Gasteiger partial charge is 0.354 e. The number of carboxylic acid groups (broad SMARTS) is 1. The predicted molar refractivity (Wildman–Crippen MR) is 80.8 cm³/mol. The summed E-state index contributed by atoms with van der Waals surface area (Å²) in [5.74, 6) is 0.0983. The van der Waals surface area contributed by atoms with E-state index < -0.39 is 5.97 Å². The maximum atomic E-state index is 11.1. The number of rotatable bonds is 5. The molecule has 0 unspecified atom stereocenters. The number of nitrogens with zero attached hydrogens (tertiary/aromatic N) is 1. The minimum atomic E-state index is -1.04. The first-order valence-electron chi connectivity index (χ1n) is 6.89. The fraction of sp³-hybridized carbons (Fsp3) is 0.294. The van der Waals surface area contributed by atoms with Crippen molar-refractivity contribution in [2.45, 2.75) is 33.3 Å². The van der Waals surface area contributed by atoms with Crippen LogP contribution in [0.3, 0.4) is 0 Å². The molecule has 1 heterocycles. The van der Waals surface area contributed by atoms with Crippen LogP contribution in [0.1, 0.15) is 46.9 Å². The highest BCUT2D eigenvalue weighted by Crippen LogP contribution is 2.28. The van der Waals surface area contributed by atoms with Gasteiger partial charge in [-0.1, -0.05) is 32.0 Å². The van der Waals surface area contributed by atoms with Crippen LogP contribution < -0.4 is 4.74 Å². The molecule has 2 rings (SSSR count). The van der Waals surface area contributed by atoms with Crippen LogP contribution in [-0.2, 0) is 6.61 Å². The van der Waals surface area contributed by atoms with Crippen LogP contribution >= 0.6 is 0 Å². The zero-order valence-corrected chi connectivity index (χ0v) is 12.5. The van der Waals surface area contributed by atoms with Crippen LogP contribution in [0.15, 0.2) is 36.5 Å². The Morgan fingerprint density at radius 2 is 2.10 bits per heavy atom. The van der Waals surface area contributed by atoms with Gasteiger partial charge in [-0.2, -0.15) is 0 Å². The summed E-state index contributed by atoms with van der Waals surface area (Å²) in [6.45, 7) is 6.40. The van der Waals surface area contributed by atoms with Crippen molar-refractivity contribution in [2.75, 3.05) is 0 Å². The van der Waals surface area contributed by atoms with Crippen molar-refractivity contribution in [1.29, 1.82) is 0 Å². The predicted octanol–water partition coefficient (Wildman–Crippen LogP) is 3.79. The standard InChI is InChI=1S/C17H19NO3/c1-11(2)14-7-6-12(3)9-15(14)21-10-13-5-4-8-18-16(13)17(19)20/h4-9,11H,10H2,1-3H3,(H,19,20). The molecule has 0 amide bonds. The number of aromatic nitrogens is 1. The summed E-state index contributed by atoms with van der Waals surface area (Å²) < 4.78 is 5.85. The van der Waals surface area contributed by atoms with E-state index in [1.165, 1.54) is 6.20 Å². The van der Waals surface area contributed by atoms with E-state index in [-0.39, 0.29) is 12.3 Å². The third kappa shape index (κ3) is 3.60. The first-order valence-corrected chi connectivity index (χ1v) is 6.89. The molecule has 0 atom stereocenters. The number of ether oxygens (including phenoxy) is 1. The van der Waals surface area contributed by atoms with E-state index in [2.05, 4.69) is 31.0 Å². The maximum Gasteiger partial charge on any atom is 0.354 e. The topological polar surface area (TPSA) is 59.4 Å². The number of pyridine rings is 1. The summed E-state index contributed by atoms with van der Waals surface area (Å²) in [7, 11) is 0. The average molecular weight is 285 g/mol. The highest BCUT2D eigenvalue weighted by atomic mass is 16.5. The van der Waals surface area contributed by atoms with E-state index >= 15 is 0 Å². The molecule has 21 heavy (non-hydrogen) atoms. The number of hydrogen-bond donors (Lipinski definition) is 1. The molecular weight excluding hydrogens is 266 g/mol. The second-order valence-corrected chi connectivity index (χ2v) is 5.30. The molecular formula is C17H19NO3. The first kappa shape index (κ1) is 15.0. The molecule has 1 aromatic heterocycles. The quantitative estimate of drug-likeness (QED) is 0.908. The minimum Gasteiger partial charge on any atom is -0.489 e. The fourth-order valence-corrected chi connectivity index (χ4v) is 2.15. The summed E-state index contributed by atoms with van der Waals surface area (Å²) >= 11 is 0. The van der Waals surface area contributed by atoms with Gasteiger partial charge in [0.2, 0.25) is 0 Å². The Morgan fingerprint density at radius 1 is 1.33 bits per heavy atom. The second-order valence-electron chi connectivity index (χ2n) is 5.30. The Morgan fingerprint density at radius 3 is 2.76 bits per heavy atom. The highest BCUT2D eigenvalue weighted by molar-refractivity contribution is 5.86. The summed E-state index contributed by atoms with van der Waals surface area (Å²) in [6, 6.07) is 9.52. The Balaban J connectivity index is 2.24. The largest absolute Gasteiger partial charge is 0.489 e. The minimum absolute atomic E-state index is 0.0382. The molecule has 0 aliphatic carbocycles. The van der Waals surface area contributed by atoms with Gasteiger partial charge in [-0.05, 0) is 36.1 Å². The Hall–Kier alpha value is -2.36. The lowest BCUT2D eigenvalue weighted by molar-refractivity contribution is 0.0687. The van der Waals surface area contributed by atoms with Crippen molar-refractivity contribution in [3.05, 3.63) is 58.9 Å². The van der Waals surface area contributed by atoms with Crippen molar-refractivity contribution >= 4 is 5.97 Å². The van der Waals surface area contributed by atoms with Gasteiger partial charge in [-0.15, -0.1) is 0 Å². The maximum absolute atomic E-state index is 11.1. The molecule has 4 heteroatoms. The van der Waals surface area contributed by atoms with Crippen LogP contribution in [0.5, 0.6) is 5.75 Å². The normalized spacial score (nSPS) is 10.7. The number of benzene rings is 1. The molecule has 0 aliphatic rings. The van der Waals surface area contributed by atoms with E-state index in [0.29, 0.717) is 11.5 Å². The monoisotopic (exact) mass is 285 g/mol. The number of hydrogen-bond acceptors (Lipinski definition) is 3. The number of aromatic carboxylic acids is 1. The molecule has 0 aliphatic heterocycles. The van der Waals surface area contributed by atoms with Gasteiger partial charge in [-0.25, -0.2) is 9.78 Å². The second kappa shape index (κ2) is 6.39. The molecule has 0 fully saturated rings. The van der Waals surface area contributed by atoms with Gasteiger partial charge in [0.1, 0.15) is 12.4 Å². The Kier molecular flexibility index (Phi) is 4.58. The molecule has 110 valence electrons. The summed E-state index contributed by atoms with van der Waals surface area (Å²) in [5, 5.41) is 9.13. The van der Waals surface area contributed by atoms with Crippen LogP contribution in [0.2, 0.25) is 0 Å². The first-order chi connectivity index (χ1) is 9.99. The number of carboxylic acids is 1. The van der Waals surface area contributed by atoms with Crippen LogP contribution in [0.4, 0.5) is 0 Å². The third-order valence-corrected chi connectivity index (χ3v) is 3.27. The van der Waals surface area contributed by atoms with Crippen molar-refractivity contribution < 1.29 is 14.6 Å². The zero-order chi connectivity index (χ0) is 15.4. The molecule has 1 N–H and O–H groups in total. The molecule has 4 nitrogen and oxygen atoms in total. The van der Waals surface area contributed by atoms with Gasteiger partial charge in [0.25, 0.3) is 0 Å². The van der Waals surface area contributed by atoms with E-state index in [4.69, 9.17) is 9.84 Å². The molecule has 0 saturated heterocycles. The van der Waals surface area contributed by atoms with E-state index in [1.807, 2.05) is 13.0 Å². The molecule has 0 bridgehead atoms. The third-order valence-electron chi connectivity index (χ3n) is 3.27. The SMILES string of the molecule is Cc1ccc(C(C)C)c(OCc2cccnc2C(=O)O)c1. The highest BCUT2D eigenvalue weighted by Gasteiger charge is 2.13. The lowest BCUT2D eigenvalue weighted by Crippen LogP contribution is -2.08. The van der Waals surface area contributed by atoms with Crippen molar-refractivity contribution in [3.8, 4) is 5.75 Å². The number of aryl methyl sites for hydroxylation is 1.